The number of nitrogens with one attached hydrogen (secondary N) is 9. The number of hydrogen-bond donors (Lipinski definition) is 19. The molecule has 0 aromatic carbocycles. The van der Waals surface area contributed by atoms with Crippen LogP contribution in [0.1, 0.15) is 163 Å². The lowest BCUT2D eigenvalue weighted by Gasteiger charge is -2.42. The molecule has 4 aliphatic rings. The first-order valence-electron chi connectivity index (χ1n) is 35.7. The van der Waals surface area contributed by atoms with E-state index in [0.29, 0.717) is 96.5 Å². The molecule has 18 atom stereocenters. The summed E-state index contributed by atoms with van der Waals surface area (Å²) in [6.45, 7) is 6.38. The highest BCUT2D eigenvalue weighted by atomic mass is 16.7. The monoisotopic (exact) mass is 1450 g/mol. The van der Waals surface area contributed by atoms with E-state index in [9.17, 15) is 94.2 Å². The first-order valence-corrected chi connectivity index (χ1v) is 35.7. The number of carbonyl (C=O) groups excluding carboxylic acids is 9. The lowest BCUT2D eigenvalue weighted by Crippen LogP contribution is -2.64. The van der Waals surface area contributed by atoms with Gasteiger partial charge in [-0.25, -0.2) is 0 Å². The topological polar surface area (TPSA) is 529 Å². The lowest BCUT2D eigenvalue weighted by atomic mass is 9.82. The Kier molecular flexibility index (Phi) is 41.6. The first kappa shape index (κ1) is 88.0. The van der Waals surface area contributed by atoms with Gasteiger partial charge in [0, 0.05) is 85.6 Å². The standard InChI is InChI=1S/C66H117N9O26/c1-37(2)98-36-41-18-20-42(21-19-41)60(91)75-45(32-76)63(94)74-44(62(93)69-28-14-8-11-17-31-97-66-53(72-40(5)82)59(90)56(87)48(35-79)101-66)23-25-50(84)73-43(61(92)68-27-13-7-10-16-30-96-65-52(71-39(4)81)58(89)55(86)47(34-78)100-65)22-24-49(83)67-26-12-6-9-15-29-95-64-51(70-38(3)80)57(88)54(85)46(33-77)99-64/h37,41-48,51-59,64-66,76-79,85-90H,6-36H2,1-5H3,(H,67,83)(H,68,92)(H,69,93)(H,70,80)(H,71,81)(H,72,82)(H,73,84)(H,74,94)(H,75,91)/t41?,42?,43?,44?,45-,46?,47?,48?,51?,52?,53?,54?,55?,56?,57?,58?,59?,64?,65?,66?/m1/s1. The number of aliphatic hydroxyl groups excluding tert-OH is 10. The maximum atomic E-state index is 14.0. The van der Waals surface area contributed by atoms with Crippen LogP contribution >= 0.6 is 0 Å². The van der Waals surface area contributed by atoms with Gasteiger partial charge in [0.2, 0.25) is 53.2 Å². The van der Waals surface area contributed by atoms with Gasteiger partial charge in [0.05, 0.1) is 32.5 Å². The van der Waals surface area contributed by atoms with Crippen LogP contribution < -0.4 is 47.9 Å². The van der Waals surface area contributed by atoms with Crippen molar-refractivity contribution >= 4 is 53.2 Å². The molecule has 3 saturated heterocycles. The summed E-state index contributed by atoms with van der Waals surface area (Å²) in [5.41, 5.74) is 0. The van der Waals surface area contributed by atoms with Crippen LogP contribution in [-0.2, 0) is 76.3 Å². The zero-order chi connectivity index (χ0) is 74.6. The molecule has 19 N–H and O–H groups in total. The van der Waals surface area contributed by atoms with Gasteiger partial charge < -0.3 is 132 Å². The third kappa shape index (κ3) is 31.4. The fourth-order valence-corrected chi connectivity index (χ4v) is 12.2. The average molecular weight is 1450 g/mol. The van der Waals surface area contributed by atoms with Crippen molar-refractivity contribution in [3.8, 4) is 0 Å². The Morgan fingerprint density at radius 1 is 0.426 bits per heavy atom. The highest BCUT2D eigenvalue weighted by molar-refractivity contribution is 5.93. The maximum Gasteiger partial charge on any atom is 0.245 e. The van der Waals surface area contributed by atoms with Crippen molar-refractivity contribution in [1.29, 1.82) is 0 Å². The van der Waals surface area contributed by atoms with Gasteiger partial charge in [-0.1, -0.05) is 38.5 Å². The highest BCUT2D eigenvalue weighted by Crippen LogP contribution is 2.30. The molecule has 4 rings (SSSR count). The van der Waals surface area contributed by atoms with Crippen molar-refractivity contribution in [1.82, 2.24) is 47.9 Å². The third-order valence-corrected chi connectivity index (χ3v) is 18.0. The van der Waals surface area contributed by atoms with Gasteiger partial charge in [0.15, 0.2) is 18.9 Å². The van der Waals surface area contributed by atoms with E-state index in [4.69, 9.17) is 33.2 Å². The van der Waals surface area contributed by atoms with Crippen molar-refractivity contribution in [2.45, 2.75) is 279 Å². The number of amides is 9. The Bertz CT molecular complexity index is 2490. The third-order valence-electron chi connectivity index (χ3n) is 18.0. The smallest absolute Gasteiger partial charge is 0.245 e. The van der Waals surface area contributed by atoms with Crippen LogP contribution in [-0.4, -0.2) is 293 Å². The normalized spacial score (nSPS) is 28.3. The summed E-state index contributed by atoms with van der Waals surface area (Å²) in [6.07, 6.45) is -7.79. The summed E-state index contributed by atoms with van der Waals surface area (Å²) in [5.74, 6) is -5.46. The molecule has 0 spiro atoms. The highest BCUT2D eigenvalue weighted by Gasteiger charge is 2.48. The Labute approximate surface area is 590 Å². The van der Waals surface area contributed by atoms with E-state index in [0.717, 1.165) is 12.8 Å². The molecule has 0 radical (unpaired) electrons. The van der Waals surface area contributed by atoms with Crippen molar-refractivity contribution in [2.75, 3.05) is 72.5 Å². The minimum absolute atomic E-state index is 0.0539. The molecule has 17 unspecified atom stereocenters. The number of hydrogen-bond acceptors (Lipinski definition) is 26. The predicted octanol–water partition coefficient (Wildman–Crippen LogP) is -4.86. The Morgan fingerprint density at radius 3 is 1.16 bits per heavy atom. The summed E-state index contributed by atoms with van der Waals surface area (Å²) < 4.78 is 40.0. The molecule has 3 aliphatic heterocycles. The lowest BCUT2D eigenvalue weighted by molar-refractivity contribution is -0.270. The number of unbranched alkanes of at least 4 members (excludes halogenated alkanes) is 9. The van der Waals surface area contributed by atoms with Crippen LogP contribution in [0.3, 0.4) is 0 Å². The largest absolute Gasteiger partial charge is 0.394 e. The Hall–Kier alpha value is -5.45. The van der Waals surface area contributed by atoms with Crippen LogP contribution in [0.5, 0.6) is 0 Å². The molecule has 0 aromatic heterocycles. The summed E-state index contributed by atoms with van der Waals surface area (Å²) in [6, 6.07) is -7.42. The van der Waals surface area contributed by atoms with Crippen LogP contribution in [0, 0.1) is 11.8 Å². The fraction of sp³-hybridized carbons (Fsp3) is 0.864. The molecule has 101 heavy (non-hydrogen) atoms. The predicted molar refractivity (Wildman–Crippen MR) is 356 cm³/mol. The second-order valence-corrected chi connectivity index (χ2v) is 26.7. The Morgan fingerprint density at radius 2 is 0.792 bits per heavy atom. The minimum Gasteiger partial charge on any atom is -0.394 e. The first-order chi connectivity index (χ1) is 48.2. The van der Waals surface area contributed by atoms with E-state index in [-0.39, 0.29) is 70.7 Å². The molecule has 1 saturated carbocycles. The quantitative estimate of drug-likeness (QED) is 0.0254. The van der Waals surface area contributed by atoms with Gasteiger partial charge in [-0.2, -0.15) is 0 Å². The van der Waals surface area contributed by atoms with Gasteiger partial charge in [-0.05, 0) is 96.8 Å². The molecule has 582 valence electrons. The molecule has 4 fully saturated rings. The minimum atomic E-state index is -1.48. The molecule has 9 amide bonds. The van der Waals surface area contributed by atoms with E-state index in [1.54, 1.807) is 0 Å². The van der Waals surface area contributed by atoms with Crippen LogP contribution in [0.25, 0.3) is 0 Å². The number of ether oxygens (including phenoxy) is 7. The summed E-state index contributed by atoms with van der Waals surface area (Å²) in [7, 11) is 0. The van der Waals surface area contributed by atoms with Crippen LogP contribution in [0.4, 0.5) is 0 Å². The van der Waals surface area contributed by atoms with Crippen molar-refractivity contribution in [2.24, 2.45) is 11.8 Å². The molecular formula is C66H117N9O26. The molecule has 0 aromatic rings. The van der Waals surface area contributed by atoms with Gasteiger partial charge in [0.25, 0.3) is 0 Å². The van der Waals surface area contributed by atoms with Gasteiger partial charge in [-0.3, -0.25) is 43.2 Å². The number of aliphatic hydroxyl groups is 10. The van der Waals surface area contributed by atoms with E-state index >= 15 is 0 Å². The molecule has 1 aliphatic carbocycles. The number of carbonyl (C=O) groups is 9. The molecule has 3 heterocycles. The van der Waals surface area contributed by atoms with E-state index in [1.165, 1.54) is 20.8 Å². The van der Waals surface area contributed by atoms with Crippen LogP contribution in [0.15, 0.2) is 0 Å². The average Bonchev–Trinajstić information content (AvgIpc) is 0.823. The van der Waals surface area contributed by atoms with Gasteiger partial charge in [0.1, 0.15) is 91.2 Å². The summed E-state index contributed by atoms with van der Waals surface area (Å²) in [4.78, 5) is 118. The van der Waals surface area contributed by atoms with Crippen molar-refractivity contribution in [3.63, 3.8) is 0 Å². The second-order valence-electron chi connectivity index (χ2n) is 26.7. The van der Waals surface area contributed by atoms with E-state index in [2.05, 4.69) is 47.9 Å². The summed E-state index contributed by atoms with van der Waals surface area (Å²) in [5, 5.41) is 126. The van der Waals surface area contributed by atoms with Gasteiger partial charge >= 0.3 is 0 Å². The molecular weight excluding hydrogens is 1330 g/mol. The Balaban J connectivity index is 1.37. The second kappa shape index (κ2) is 47.8. The molecule has 35 nitrogen and oxygen atoms in total. The maximum absolute atomic E-state index is 14.0. The molecule has 35 heteroatoms. The van der Waals surface area contributed by atoms with E-state index < -0.39 is 202 Å². The SMILES string of the molecule is CC(=O)NC1C(OCCCCCCNC(=O)CCC(NC(=O)CCC(NC(=O)[C@@H](CO)NC(=O)C2CCC(COC(C)C)CC2)C(=O)NCCCCCCOC2OC(CO)C(O)C(O)C2NC(C)=O)C(=O)NCCCCCCOC2OC(CO)C(O)C(O)C2NC(C)=O)OC(CO)C(O)C1O. The number of rotatable bonds is 47. The van der Waals surface area contributed by atoms with E-state index in [1.807, 2.05) is 13.8 Å². The fourth-order valence-electron chi connectivity index (χ4n) is 12.2. The zero-order valence-corrected chi connectivity index (χ0v) is 59.0. The summed E-state index contributed by atoms with van der Waals surface area (Å²) >= 11 is 0. The zero-order valence-electron chi connectivity index (χ0n) is 59.0. The molecule has 0 bridgehead atoms. The van der Waals surface area contributed by atoms with Gasteiger partial charge in [-0.15, -0.1) is 0 Å². The van der Waals surface area contributed by atoms with Crippen LogP contribution in [0.2, 0.25) is 0 Å². The van der Waals surface area contributed by atoms with Crippen molar-refractivity contribution < 1.29 is 127 Å². The van der Waals surface area contributed by atoms with Crippen molar-refractivity contribution in [3.05, 3.63) is 0 Å².